The van der Waals surface area contributed by atoms with Crippen molar-refractivity contribution < 1.29 is 14.6 Å². The molecule has 116 valence electrons. The number of carboxylic acid groups (broad SMARTS) is 1. The van der Waals surface area contributed by atoms with Crippen LogP contribution in [-0.2, 0) is 13.8 Å². The van der Waals surface area contributed by atoms with Gasteiger partial charge in [-0.2, -0.15) is 0 Å². The quantitative estimate of drug-likeness (QED) is 0.682. The fourth-order valence-corrected chi connectivity index (χ4v) is 3.17. The molecule has 7 nitrogen and oxygen atoms in total. The molecule has 0 amide bonds. The van der Waals surface area contributed by atoms with Crippen LogP contribution in [0.25, 0.3) is 21.8 Å². The molecule has 4 rings (SSSR count). The van der Waals surface area contributed by atoms with Crippen molar-refractivity contribution in [2.24, 2.45) is 7.05 Å². The number of pyridine rings is 2. The Balaban J connectivity index is 2.39. The number of ether oxygens (including phenoxy) is 1. The van der Waals surface area contributed by atoms with E-state index in [9.17, 15) is 19.5 Å². The number of fused-ring (bicyclic) bond motifs is 2. The lowest BCUT2D eigenvalue weighted by atomic mass is 10.0. The van der Waals surface area contributed by atoms with E-state index in [1.807, 2.05) is 0 Å². The number of carboxylic acids is 1. The zero-order valence-corrected chi connectivity index (χ0v) is 12.4. The van der Waals surface area contributed by atoms with Crippen molar-refractivity contribution in [3.63, 3.8) is 0 Å². The third kappa shape index (κ3) is 1.61. The zero-order chi connectivity index (χ0) is 16.5. The van der Waals surface area contributed by atoms with Gasteiger partial charge < -0.3 is 14.4 Å². The van der Waals surface area contributed by atoms with Crippen LogP contribution in [0.15, 0.2) is 27.8 Å². The molecule has 1 N–H and O–H groups in total. The first-order valence-corrected chi connectivity index (χ1v) is 6.97. The fraction of sp³-hybridized carbons (Fsp3) is 0.188. The molecule has 3 aromatic rings. The molecule has 23 heavy (non-hydrogen) atoms. The molecule has 1 aliphatic rings. The summed E-state index contributed by atoms with van der Waals surface area (Å²) in [7, 11) is 1.55. The summed E-state index contributed by atoms with van der Waals surface area (Å²) in [6, 6.07) is 4.30. The van der Waals surface area contributed by atoms with Gasteiger partial charge in [0.05, 0.1) is 16.6 Å². The summed E-state index contributed by atoms with van der Waals surface area (Å²) in [5.41, 5.74) is 1.02. The van der Waals surface area contributed by atoms with Gasteiger partial charge in [0.25, 0.3) is 11.1 Å². The molecule has 3 heterocycles. The number of hydrogen-bond acceptors (Lipinski definition) is 4. The van der Waals surface area contributed by atoms with Crippen LogP contribution in [0.2, 0.25) is 0 Å². The van der Waals surface area contributed by atoms with E-state index in [4.69, 9.17) is 4.74 Å². The summed E-state index contributed by atoms with van der Waals surface area (Å²) in [6.45, 7) is 1.84. The average Bonchev–Trinajstić information content (AvgIpc) is 2.93. The molecule has 0 fully saturated rings. The van der Waals surface area contributed by atoms with E-state index in [-0.39, 0.29) is 17.9 Å². The third-order valence-corrected chi connectivity index (χ3v) is 4.32. The Hall–Kier alpha value is -3.09. The number of aromatic carboxylic acids is 1. The maximum atomic E-state index is 12.1. The monoisotopic (exact) mass is 312 g/mol. The molecule has 7 heteroatoms. The van der Waals surface area contributed by atoms with Gasteiger partial charge in [-0.3, -0.25) is 14.2 Å². The number of hydrogen-bond donors (Lipinski definition) is 1. The minimum atomic E-state index is -1.18. The van der Waals surface area contributed by atoms with Crippen LogP contribution in [0.4, 0.5) is 0 Å². The molecular weight excluding hydrogens is 300 g/mol. The predicted octanol–water partition coefficient (Wildman–Crippen LogP) is 1.21. The number of nitrogens with zero attached hydrogens (tertiary/aromatic N) is 2. The second-order valence-corrected chi connectivity index (χ2v) is 5.63. The number of aryl methyl sites for hydroxylation is 2. The normalized spacial score (nSPS) is 12.8. The topological polar surface area (TPSA) is 90.5 Å². The van der Waals surface area contributed by atoms with Crippen LogP contribution in [0.1, 0.15) is 15.9 Å². The minimum Gasteiger partial charge on any atom is -0.478 e. The van der Waals surface area contributed by atoms with Crippen molar-refractivity contribution in [2.75, 3.05) is 0 Å². The lowest BCUT2D eigenvalue weighted by Gasteiger charge is -2.12. The van der Waals surface area contributed by atoms with Gasteiger partial charge >= 0.3 is 5.97 Å². The molecule has 0 atom stereocenters. The first-order valence-electron chi connectivity index (χ1n) is 6.97. The minimum absolute atomic E-state index is 0.0511. The summed E-state index contributed by atoms with van der Waals surface area (Å²) in [4.78, 5) is 35.7. The van der Waals surface area contributed by atoms with Crippen molar-refractivity contribution in [3.8, 4) is 5.75 Å². The van der Waals surface area contributed by atoms with E-state index in [0.717, 1.165) is 17.0 Å². The maximum absolute atomic E-state index is 12.1. The van der Waals surface area contributed by atoms with Crippen LogP contribution in [0.5, 0.6) is 5.75 Å². The lowest BCUT2D eigenvalue weighted by molar-refractivity contribution is 0.0699. The van der Waals surface area contributed by atoms with Crippen LogP contribution < -0.4 is 15.9 Å². The van der Waals surface area contributed by atoms with Crippen molar-refractivity contribution in [1.82, 2.24) is 9.13 Å². The molecule has 0 saturated carbocycles. The molecule has 0 bridgehead atoms. The molecule has 0 spiro atoms. The van der Waals surface area contributed by atoms with Crippen molar-refractivity contribution in [2.45, 2.75) is 13.7 Å². The highest BCUT2D eigenvalue weighted by atomic mass is 16.5. The second kappa shape index (κ2) is 4.22. The van der Waals surface area contributed by atoms with Crippen molar-refractivity contribution in [3.05, 3.63) is 50.0 Å². The van der Waals surface area contributed by atoms with Gasteiger partial charge in [0.1, 0.15) is 0 Å². The average molecular weight is 312 g/mol. The molecule has 2 aromatic heterocycles. The Morgan fingerprint density at radius 2 is 1.87 bits per heavy atom. The SMILES string of the molecule is Cc1cc(=O)n2c3c(c4c(cc13)c(C(=O)O)cc(=O)n4C)OC2. The summed E-state index contributed by atoms with van der Waals surface area (Å²) in [5, 5.41) is 10.6. The lowest BCUT2D eigenvalue weighted by Crippen LogP contribution is -2.19. The van der Waals surface area contributed by atoms with Gasteiger partial charge in [0.15, 0.2) is 12.5 Å². The van der Waals surface area contributed by atoms with E-state index >= 15 is 0 Å². The first-order chi connectivity index (χ1) is 10.9. The van der Waals surface area contributed by atoms with Gasteiger partial charge in [0.2, 0.25) is 0 Å². The molecule has 1 aliphatic heterocycles. The maximum Gasteiger partial charge on any atom is 0.336 e. The largest absolute Gasteiger partial charge is 0.478 e. The Morgan fingerprint density at radius 3 is 2.57 bits per heavy atom. The van der Waals surface area contributed by atoms with E-state index in [2.05, 4.69) is 0 Å². The van der Waals surface area contributed by atoms with Gasteiger partial charge in [-0.05, 0) is 18.6 Å². The molecule has 0 aliphatic carbocycles. The van der Waals surface area contributed by atoms with Gasteiger partial charge in [0, 0.05) is 30.0 Å². The zero-order valence-electron chi connectivity index (χ0n) is 12.4. The molecule has 0 radical (unpaired) electrons. The Kier molecular flexibility index (Phi) is 2.49. The van der Waals surface area contributed by atoms with Crippen LogP contribution >= 0.6 is 0 Å². The number of benzene rings is 1. The first kappa shape index (κ1) is 13.6. The standard InChI is InChI=1S/C16H12N2O5/c1-7-3-12(20)18-6-23-15-13-9(4-8(7)14(15)18)10(16(21)22)5-11(19)17(13)2/h3-5H,6H2,1-2H3,(H,21,22). The van der Waals surface area contributed by atoms with Gasteiger partial charge in [-0.15, -0.1) is 0 Å². The highest BCUT2D eigenvalue weighted by molar-refractivity contribution is 6.11. The van der Waals surface area contributed by atoms with Crippen LogP contribution in [0, 0.1) is 6.92 Å². The highest BCUT2D eigenvalue weighted by Gasteiger charge is 2.25. The van der Waals surface area contributed by atoms with Gasteiger partial charge in [-0.25, -0.2) is 4.79 Å². The smallest absolute Gasteiger partial charge is 0.336 e. The molecular formula is C16H12N2O5. The molecule has 0 unspecified atom stereocenters. The highest BCUT2D eigenvalue weighted by Crippen LogP contribution is 2.38. The Bertz CT molecular complexity index is 1150. The van der Waals surface area contributed by atoms with Gasteiger partial charge in [-0.1, -0.05) is 0 Å². The number of carbonyl (C=O) groups is 1. The molecule has 1 aromatic carbocycles. The van der Waals surface area contributed by atoms with E-state index in [0.29, 0.717) is 22.2 Å². The third-order valence-electron chi connectivity index (χ3n) is 4.32. The summed E-state index contributed by atoms with van der Waals surface area (Å²) in [5.74, 6) is -0.802. The summed E-state index contributed by atoms with van der Waals surface area (Å²) in [6.07, 6.45) is 0. The van der Waals surface area contributed by atoms with Crippen LogP contribution in [0.3, 0.4) is 0 Å². The molecule has 0 saturated heterocycles. The number of aromatic nitrogens is 2. The fourth-order valence-electron chi connectivity index (χ4n) is 3.17. The Morgan fingerprint density at radius 1 is 1.13 bits per heavy atom. The number of rotatable bonds is 1. The van der Waals surface area contributed by atoms with E-state index in [1.54, 1.807) is 20.0 Å². The second-order valence-electron chi connectivity index (χ2n) is 5.63. The Labute approximate surface area is 129 Å². The van der Waals surface area contributed by atoms with E-state index in [1.165, 1.54) is 15.2 Å². The summed E-state index contributed by atoms with van der Waals surface area (Å²) < 4.78 is 8.47. The predicted molar refractivity (Wildman–Crippen MR) is 83.3 cm³/mol. The van der Waals surface area contributed by atoms with Crippen LogP contribution in [-0.4, -0.2) is 20.2 Å². The van der Waals surface area contributed by atoms with Crippen molar-refractivity contribution >= 4 is 27.8 Å². The van der Waals surface area contributed by atoms with E-state index < -0.39 is 11.5 Å². The van der Waals surface area contributed by atoms with Crippen molar-refractivity contribution in [1.29, 1.82) is 0 Å². The summed E-state index contributed by atoms with van der Waals surface area (Å²) >= 11 is 0.